The number of amides is 2. The van der Waals surface area contributed by atoms with Gasteiger partial charge in [0.15, 0.2) is 0 Å². The van der Waals surface area contributed by atoms with Crippen molar-refractivity contribution in [2.45, 2.75) is 50.7 Å². The van der Waals surface area contributed by atoms with Crippen LogP contribution < -0.4 is 14.4 Å². The molecular formula is C35H38ClN3O5S. The van der Waals surface area contributed by atoms with Crippen molar-refractivity contribution in [3.63, 3.8) is 0 Å². The summed E-state index contributed by atoms with van der Waals surface area (Å²) in [7, 11) is -2.68. The van der Waals surface area contributed by atoms with E-state index < -0.39 is 28.5 Å². The molecule has 45 heavy (non-hydrogen) atoms. The SMILES string of the molecule is COc1ccc(N(CC(=O)N(Cc2ccc(Cl)cc2)[C@H](Cc2ccccc2)C(=O)NC(C)C)S(=O)(=O)c2ccc(C)cc2)cc1. The minimum Gasteiger partial charge on any atom is -0.497 e. The molecule has 0 heterocycles. The number of aryl methyl sites for hydroxylation is 1. The van der Waals surface area contributed by atoms with Crippen molar-refractivity contribution in [1.29, 1.82) is 0 Å². The molecule has 2 amide bonds. The molecule has 0 radical (unpaired) electrons. The van der Waals surface area contributed by atoms with Crippen LogP contribution in [0.1, 0.15) is 30.5 Å². The van der Waals surface area contributed by atoms with E-state index in [9.17, 15) is 18.0 Å². The monoisotopic (exact) mass is 647 g/mol. The number of carbonyl (C=O) groups is 2. The number of nitrogens with one attached hydrogen (secondary N) is 1. The molecule has 0 spiro atoms. The fourth-order valence-electron chi connectivity index (χ4n) is 4.84. The van der Waals surface area contributed by atoms with Crippen molar-refractivity contribution >= 4 is 39.1 Å². The van der Waals surface area contributed by atoms with E-state index in [1.54, 1.807) is 60.7 Å². The van der Waals surface area contributed by atoms with Gasteiger partial charge in [-0.1, -0.05) is 71.8 Å². The zero-order valence-electron chi connectivity index (χ0n) is 25.8. The van der Waals surface area contributed by atoms with Crippen molar-refractivity contribution in [3.8, 4) is 5.75 Å². The summed E-state index contributed by atoms with van der Waals surface area (Å²) in [6.45, 7) is 5.08. The molecule has 0 aliphatic carbocycles. The average molecular weight is 648 g/mol. The summed E-state index contributed by atoms with van der Waals surface area (Å²) in [6, 6.07) is 28.2. The van der Waals surface area contributed by atoms with Crippen LogP contribution in [0.4, 0.5) is 5.69 Å². The Morgan fingerprint density at radius 2 is 1.47 bits per heavy atom. The van der Waals surface area contributed by atoms with E-state index in [2.05, 4.69) is 5.32 Å². The number of hydrogen-bond acceptors (Lipinski definition) is 5. The zero-order valence-corrected chi connectivity index (χ0v) is 27.4. The fourth-order valence-corrected chi connectivity index (χ4v) is 6.38. The maximum Gasteiger partial charge on any atom is 0.264 e. The first-order chi connectivity index (χ1) is 21.5. The lowest BCUT2D eigenvalue weighted by molar-refractivity contribution is -0.140. The van der Waals surface area contributed by atoms with E-state index in [1.807, 2.05) is 51.1 Å². The molecule has 8 nitrogen and oxygen atoms in total. The fraction of sp³-hybridized carbons (Fsp3) is 0.257. The van der Waals surface area contributed by atoms with Gasteiger partial charge in [0.25, 0.3) is 10.0 Å². The van der Waals surface area contributed by atoms with Gasteiger partial charge in [0, 0.05) is 24.0 Å². The number of sulfonamides is 1. The van der Waals surface area contributed by atoms with E-state index in [0.29, 0.717) is 10.8 Å². The van der Waals surface area contributed by atoms with E-state index in [0.717, 1.165) is 21.0 Å². The highest BCUT2D eigenvalue weighted by Gasteiger charge is 2.34. The maximum absolute atomic E-state index is 14.5. The Labute approximate surface area is 270 Å². The number of halogens is 1. The highest BCUT2D eigenvalue weighted by Crippen LogP contribution is 2.27. The van der Waals surface area contributed by atoms with Crippen molar-refractivity contribution in [2.24, 2.45) is 0 Å². The van der Waals surface area contributed by atoms with Crippen LogP contribution in [-0.2, 0) is 32.6 Å². The van der Waals surface area contributed by atoms with Gasteiger partial charge in [-0.15, -0.1) is 0 Å². The zero-order chi connectivity index (χ0) is 32.6. The lowest BCUT2D eigenvalue weighted by Crippen LogP contribution is -2.54. The van der Waals surface area contributed by atoms with Crippen molar-refractivity contribution < 1.29 is 22.7 Å². The molecule has 4 rings (SSSR count). The van der Waals surface area contributed by atoms with E-state index in [4.69, 9.17) is 16.3 Å². The Bertz CT molecular complexity index is 1680. The molecule has 4 aromatic rings. The highest BCUT2D eigenvalue weighted by molar-refractivity contribution is 7.92. The average Bonchev–Trinajstić information content (AvgIpc) is 3.02. The third-order valence-electron chi connectivity index (χ3n) is 7.22. The first-order valence-corrected chi connectivity index (χ1v) is 16.4. The molecule has 0 fully saturated rings. The van der Waals surface area contributed by atoms with Crippen molar-refractivity contribution in [3.05, 3.63) is 125 Å². The van der Waals surface area contributed by atoms with E-state index in [-0.39, 0.29) is 35.5 Å². The van der Waals surface area contributed by atoms with Crippen molar-refractivity contribution in [1.82, 2.24) is 10.2 Å². The molecule has 1 atom stereocenters. The van der Waals surface area contributed by atoms with Crippen LogP contribution >= 0.6 is 11.6 Å². The molecule has 236 valence electrons. The van der Waals surface area contributed by atoms with Crippen molar-refractivity contribution in [2.75, 3.05) is 18.0 Å². The van der Waals surface area contributed by atoms with Crippen LogP contribution in [0.25, 0.3) is 0 Å². The number of anilines is 1. The van der Waals surface area contributed by atoms with Gasteiger partial charge in [-0.25, -0.2) is 8.42 Å². The summed E-state index contributed by atoms with van der Waals surface area (Å²) >= 11 is 6.14. The first-order valence-electron chi connectivity index (χ1n) is 14.6. The molecule has 0 aliphatic heterocycles. The molecule has 10 heteroatoms. The Morgan fingerprint density at radius 3 is 2.04 bits per heavy atom. The number of benzene rings is 4. The number of ether oxygens (including phenoxy) is 1. The molecular weight excluding hydrogens is 610 g/mol. The van der Waals surface area contributed by atoms with Gasteiger partial charge in [0.05, 0.1) is 17.7 Å². The van der Waals surface area contributed by atoms with Crippen LogP contribution in [-0.4, -0.2) is 50.9 Å². The Morgan fingerprint density at radius 1 is 0.844 bits per heavy atom. The minimum atomic E-state index is -4.19. The normalized spacial score (nSPS) is 12.0. The second kappa shape index (κ2) is 15.1. The predicted molar refractivity (Wildman–Crippen MR) is 178 cm³/mol. The van der Waals surface area contributed by atoms with Gasteiger partial charge in [-0.05, 0) is 80.4 Å². The standard InChI is InChI=1S/C35H38ClN3O5S/c1-25(2)37-35(41)33(22-27-8-6-5-7-9-27)38(23-28-12-14-29(36)15-13-28)34(40)24-39(30-16-18-31(44-4)19-17-30)45(42,43)32-20-10-26(3)11-21-32/h5-21,25,33H,22-24H2,1-4H3,(H,37,41)/t33-/m1/s1. The second-order valence-corrected chi connectivity index (χ2v) is 13.3. The van der Waals surface area contributed by atoms with Gasteiger partial charge in [-0.3, -0.25) is 13.9 Å². The molecule has 4 aromatic carbocycles. The molecule has 0 saturated carbocycles. The van der Waals surface area contributed by atoms with E-state index >= 15 is 0 Å². The lowest BCUT2D eigenvalue weighted by Gasteiger charge is -2.34. The van der Waals surface area contributed by atoms with Crippen LogP contribution in [0.5, 0.6) is 5.75 Å². The van der Waals surface area contributed by atoms with Gasteiger partial charge in [-0.2, -0.15) is 0 Å². The highest BCUT2D eigenvalue weighted by atomic mass is 35.5. The first kappa shape index (κ1) is 33.6. The largest absolute Gasteiger partial charge is 0.497 e. The molecule has 1 N–H and O–H groups in total. The maximum atomic E-state index is 14.5. The molecule has 0 aromatic heterocycles. The summed E-state index contributed by atoms with van der Waals surface area (Å²) in [5, 5.41) is 3.48. The third kappa shape index (κ3) is 8.86. The summed E-state index contributed by atoms with van der Waals surface area (Å²) in [5.74, 6) is -0.347. The number of hydrogen-bond donors (Lipinski definition) is 1. The summed E-state index contributed by atoms with van der Waals surface area (Å²) in [4.78, 5) is 29.7. The molecule has 0 bridgehead atoms. The van der Waals surface area contributed by atoms with Crippen LogP contribution in [0.3, 0.4) is 0 Å². The Kier molecular flexibility index (Phi) is 11.3. The van der Waals surface area contributed by atoms with Crippen LogP contribution in [0.2, 0.25) is 5.02 Å². The summed E-state index contributed by atoms with van der Waals surface area (Å²) in [6.07, 6.45) is 0.228. The number of carbonyl (C=O) groups excluding carboxylic acids is 2. The smallest absolute Gasteiger partial charge is 0.264 e. The summed E-state index contributed by atoms with van der Waals surface area (Å²) < 4.78 is 34.6. The van der Waals surface area contributed by atoms with Gasteiger partial charge in [0.2, 0.25) is 11.8 Å². The number of nitrogens with zero attached hydrogens (tertiary/aromatic N) is 2. The molecule has 0 aliphatic rings. The summed E-state index contributed by atoms with van der Waals surface area (Å²) in [5.41, 5.74) is 2.77. The molecule has 0 unspecified atom stereocenters. The topological polar surface area (TPSA) is 96.0 Å². The van der Waals surface area contributed by atoms with Crippen LogP contribution in [0.15, 0.2) is 108 Å². The number of rotatable bonds is 13. The number of methoxy groups -OCH3 is 1. The van der Waals surface area contributed by atoms with Gasteiger partial charge >= 0.3 is 0 Å². The Balaban J connectivity index is 1.80. The third-order valence-corrected chi connectivity index (χ3v) is 9.26. The quantitative estimate of drug-likeness (QED) is 0.192. The second-order valence-electron chi connectivity index (χ2n) is 11.0. The van der Waals surface area contributed by atoms with E-state index in [1.165, 1.54) is 24.1 Å². The lowest BCUT2D eigenvalue weighted by atomic mass is 10.0. The molecule has 0 saturated heterocycles. The predicted octanol–water partition coefficient (Wildman–Crippen LogP) is 6.02. The van der Waals surface area contributed by atoms with Crippen LogP contribution in [0, 0.1) is 6.92 Å². The minimum absolute atomic E-state index is 0.0411. The van der Waals surface area contributed by atoms with Gasteiger partial charge < -0.3 is 15.0 Å². The Hall–Kier alpha value is -4.34. The van der Waals surface area contributed by atoms with Gasteiger partial charge in [0.1, 0.15) is 18.3 Å².